The van der Waals surface area contributed by atoms with Crippen molar-refractivity contribution < 1.29 is 13.9 Å². The van der Waals surface area contributed by atoms with Gasteiger partial charge in [-0.15, -0.1) is 10.2 Å². The van der Waals surface area contributed by atoms with Gasteiger partial charge in [0.05, 0.1) is 19.6 Å². The highest BCUT2D eigenvalue weighted by Gasteiger charge is 2.30. The number of esters is 1. The van der Waals surface area contributed by atoms with Crippen molar-refractivity contribution in [2.45, 2.75) is 38.1 Å². The summed E-state index contributed by atoms with van der Waals surface area (Å²) in [5.41, 5.74) is 0. The number of methoxy groups -OCH3 is 1. The second-order valence-corrected chi connectivity index (χ2v) is 5.34. The standard InChI is InChI=1S/C13H21N3O3/c1-16(2)8-11-14-15-12(19-11)9-4-6-10(7-5-9)13(17)18-3/h9-10H,4-8H2,1-3H3/t9-,10-. The average molecular weight is 267 g/mol. The highest BCUT2D eigenvalue weighted by molar-refractivity contribution is 5.72. The van der Waals surface area contributed by atoms with Gasteiger partial charge < -0.3 is 14.1 Å². The lowest BCUT2D eigenvalue weighted by atomic mass is 9.82. The molecule has 6 nitrogen and oxygen atoms in total. The van der Waals surface area contributed by atoms with Crippen LogP contribution >= 0.6 is 0 Å². The zero-order chi connectivity index (χ0) is 13.8. The summed E-state index contributed by atoms with van der Waals surface area (Å²) < 4.78 is 10.5. The van der Waals surface area contributed by atoms with Gasteiger partial charge in [-0.25, -0.2) is 0 Å². The number of rotatable bonds is 4. The van der Waals surface area contributed by atoms with E-state index in [2.05, 4.69) is 10.2 Å². The molecule has 106 valence electrons. The second-order valence-electron chi connectivity index (χ2n) is 5.34. The summed E-state index contributed by atoms with van der Waals surface area (Å²) in [6.07, 6.45) is 3.48. The maximum Gasteiger partial charge on any atom is 0.308 e. The van der Waals surface area contributed by atoms with Crippen molar-refractivity contribution in [1.29, 1.82) is 0 Å². The number of hydrogen-bond donors (Lipinski definition) is 0. The first-order valence-electron chi connectivity index (χ1n) is 6.65. The quantitative estimate of drug-likeness (QED) is 0.771. The Morgan fingerprint density at radius 2 is 2.00 bits per heavy atom. The fraction of sp³-hybridized carbons (Fsp3) is 0.769. The maximum absolute atomic E-state index is 11.5. The minimum absolute atomic E-state index is 0.0328. The highest BCUT2D eigenvalue weighted by Crippen LogP contribution is 2.35. The Kier molecular flexibility index (Phi) is 4.52. The number of nitrogens with zero attached hydrogens (tertiary/aromatic N) is 3. The van der Waals surface area contributed by atoms with Crippen molar-refractivity contribution in [2.24, 2.45) is 5.92 Å². The van der Waals surface area contributed by atoms with Crippen molar-refractivity contribution >= 4 is 5.97 Å². The normalized spacial score (nSPS) is 23.6. The van der Waals surface area contributed by atoms with Crippen LogP contribution in [0.1, 0.15) is 43.4 Å². The summed E-state index contributed by atoms with van der Waals surface area (Å²) in [6.45, 7) is 0.657. The molecule has 2 rings (SSSR count). The van der Waals surface area contributed by atoms with Gasteiger partial charge in [-0.05, 0) is 39.8 Å². The molecular formula is C13H21N3O3. The number of carbonyl (C=O) groups excluding carboxylic acids is 1. The van der Waals surface area contributed by atoms with Crippen LogP contribution in [-0.2, 0) is 16.1 Å². The summed E-state index contributed by atoms with van der Waals surface area (Å²) in [6, 6.07) is 0. The van der Waals surface area contributed by atoms with E-state index >= 15 is 0 Å². The molecule has 0 N–H and O–H groups in total. The molecule has 1 aromatic rings. The van der Waals surface area contributed by atoms with E-state index in [0.29, 0.717) is 18.3 Å². The Hall–Kier alpha value is -1.43. The molecule has 0 radical (unpaired) electrons. The fourth-order valence-electron chi connectivity index (χ4n) is 2.51. The van der Waals surface area contributed by atoms with Crippen LogP contribution in [0.4, 0.5) is 0 Å². The average Bonchev–Trinajstić information content (AvgIpc) is 2.85. The summed E-state index contributed by atoms with van der Waals surface area (Å²) in [4.78, 5) is 13.4. The van der Waals surface area contributed by atoms with E-state index in [-0.39, 0.29) is 17.8 Å². The minimum Gasteiger partial charge on any atom is -0.469 e. The topological polar surface area (TPSA) is 68.5 Å². The predicted octanol–water partition coefficient (Wildman–Crippen LogP) is 1.58. The Morgan fingerprint density at radius 1 is 1.32 bits per heavy atom. The summed E-state index contributed by atoms with van der Waals surface area (Å²) >= 11 is 0. The van der Waals surface area contributed by atoms with Gasteiger partial charge in [-0.2, -0.15) is 0 Å². The largest absolute Gasteiger partial charge is 0.469 e. The predicted molar refractivity (Wildman–Crippen MR) is 68.4 cm³/mol. The van der Waals surface area contributed by atoms with E-state index in [9.17, 15) is 4.79 Å². The van der Waals surface area contributed by atoms with Gasteiger partial charge in [0.25, 0.3) is 0 Å². The van der Waals surface area contributed by atoms with E-state index in [0.717, 1.165) is 25.7 Å². The molecule has 1 saturated carbocycles. The highest BCUT2D eigenvalue weighted by atomic mass is 16.5. The monoisotopic (exact) mass is 267 g/mol. The summed E-state index contributed by atoms with van der Waals surface area (Å²) in [5.74, 6) is 1.57. The molecule has 0 saturated heterocycles. The SMILES string of the molecule is COC(=O)[C@H]1CC[C@H](c2nnc(CN(C)C)o2)CC1. The molecule has 1 heterocycles. The fourth-order valence-corrected chi connectivity index (χ4v) is 2.51. The van der Waals surface area contributed by atoms with E-state index in [1.54, 1.807) is 0 Å². The smallest absolute Gasteiger partial charge is 0.308 e. The van der Waals surface area contributed by atoms with Crippen LogP contribution in [0.25, 0.3) is 0 Å². The summed E-state index contributed by atoms with van der Waals surface area (Å²) in [7, 11) is 5.37. The molecular weight excluding hydrogens is 246 g/mol. The van der Waals surface area contributed by atoms with Crippen molar-refractivity contribution in [2.75, 3.05) is 21.2 Å². The van der Waals surface area contributed by atoms with Crippen LogP contribution in [0.3, 0.4) is 0 Å². The molecule has 0 bridgehead atoms. The van der Waals surface area contributed by atoms with Gasteiger partial charge in [-0.1, -0.05) is 0 Å². The van der Waals surface area contributed by atoms with Crippen molar-refractivity contribution in [1.82, 2.24) is 15.1 Å². The van der Waals surface area contributed by atoms with Crippen LogP contribution in [0.5, 0.6) is 0 Å². The molecule has 19 heavy (non-hydrogen) atoms. The second kappa shape index (κ2) is 6.14. The van der Waals surface area contributed by atoms with E-state index in [4.69, 9.17) is 9.15 Å². The molecule has 0 unspecified atom stereocenters. The molecule has 1 aromatic heterocycles. The lowest BCUT2D eigenvalue weighted by molar-refractivity contribution is -0.146. The molecule has 0 amide bonds. The number of carbonyl (C=O) groups is 1. The molecule has 0 atom stereocenters. The molecule has 1 aliphatic rings. The first kappa shape index (κ1) is 14.0. The molecule has 1 fully saturated rings. The van der Waals surface area contributed by atoms with Crippen molar-refractivity contribution in [3.05, 3.63) is 11.8 Å². The molecule has 0 spiro atoms. The lowest BCUT2D eigenvalue weighted by Crippen LogP contribution is -2.22. The van der Waals surface area contributed by atoms with Crippen LogP contribution in [-0.4, -0.2) is 42.3 Å². The van der Waals surface area contributed by atoms with Crippen LogP contribution in [0.15, 0.2) is 4.42 Å². The third-order valence-corrected chi connectivity index (χ3v) is 3.54. The lowest BCUT2D eigenvalue weighted by Gasteiger charge is -2.24. The van der Waals surface area contributed by atoms with E-state index < -0.39 is 0 Å². The van der Waals surface area contributed by atoms with Crippen molar-refractivity contribution in [3.63, 3.8) is 0 Å². The zero-order valence-electron chi connectivity index (χ0n) is 11.8. The maximum atomic E-state index is 11.5. The number of ether oxygens (including phenoxy) is 1. The van der Waals surface area contributed by atoms with Crippen molar-refractivity contribution in [3.8, 4) is 0 Å². The Morgan fingerprint density at radius 3 is 2.58 bits per heavy atom. The van der Waals surface area contributed by atoms with Gasteiger partial charge in [0.2, 0.25) is 11.8 Å². The van der Waals surface area contributed by atoms with E-state index in [1.165, 1.54) is 7.11 Å². The number of hydrogen-bond acceptors (Lipinski definition) is 6. The Balaban J connectivity index is 1.90. The third-order valence-electron chi connectivity index (χ3n) is 3.54. The first-order chi connectivity index (χ1) is 9.10. The molecule has 1 aliphatic carbocycles. The van der Waals surface area contributed by atoms with Gasteiger partial charge in [0, 0.05) is 5.92 Å². The van der Waals surface area contributed by atoms with Crippen LogP contribution in [0, 0.1) is 5.92 Å². The van der Waals surface area contributed by atoms with Crippen LogP contribution in [0.2, 0.25) is 0 Å². The first-order valence-corrected chi connectivity index (χ1v) is 6.65. The Bertz CT molecular complexity index is 423. The van der Waals surface area contributed by atoms with Gasteiger partial charge >= 0.3 is 5.97 Å². The Labute approximate surface area is 113 Å². The third kappa shape index (κ3) is 3.53. The molecule has 6 heteroatoms. The van der Waals surface area contributed by atoms with Gasteiger partial charge in [-0.3, -0.25) is 4.79 Å². The number of aromatic nitrogens is 2. The van der Waals surface area contributed by atoms with E-state index in [1.807, 2.05) is 19.0 Å². The van der Waals surface area contributed by atoms with Gasteiger partial charge in [0.15, 0.2) is 0 Å². The zero-order valence-corrected chi connectivity index (χ0v) is 11.8. The molecule has 0 aliphatic heterocycles. The minimum atomic E-state index is -0.0997. The molecule has 0 aromatic carbocycles. The van der Waals surface area contributed by atoms with Gasteiger partial charge in [0.1, 0.15) is 0 Å². The summed E-state index contributed by atoms with van der Waals surface area (Å²) in [5, 5.41) is 8.18. The van der Waals surface area contributed by atoms with Crippen LogP contribution < -0.4 is 0 Å².